The van der Waals surface area contributed by atoms with Gasteiger partial charge in [-0.3, -0.25) is 9.78 Å². The summed E-state index contributed by atoms with van der Waals surface area (Å²) in [5.74, 6) is 0.898. The maximum absolute atomic E-state index is 10.9. The first-order valence-electron chi connectivity index (χ1n) is 9.44. The number of carbonyl (C=O) groups excluding carboxylic acids is 1. The van der Waals surface area contributed by atoms with Gasteiger partial charge < -0.3 is 5.32 Å². The van der Waals surface area contributed by atoms with E-state index in [0.29, 0.717) is 6.04 Å². The molecule has 2 aliphatic carbocycles. The van der Waals surface area contributed by atoms with Crippen molar-refractivity contribution < 1.29 is 4.79 Å². The molecule has 0 amide bonds. The van der Waals surface area contributed by atoms with Crippen LogP contribution in [-0.2, 0) is 16.6 Å². The van der Waals surface area contributed by atoms with Gasteiger partial charge in [0.05, 0.1) is 16.6 Å². The van der Waals surface area contributed by atoms with E-state index in [0.717, 1.165) is 29.8 Å². The van der Waals surface area contributed by atoms with Crippen molar-refractivity contribution in [3.05, 3.63) is 75.9 Å². The topological polar surface area (TPSA) is 59.8 Å². The minimum absolute atomic E-state index is 0.293. The summed E-state index contributed by atoms with van der Waals surface area (Å²) in [5, 5.41) is 8.27. The van der Waals surface area contributed by atoms with Gasteiger partial charge in [0.1, 0.15) is 6.29 Å². The lowest BCUT2D eigenvalue weighted by Gasteiger charge is -2.33. The molecule has 1 fully saturated rings. The van der Waals surface area contributed by atoms with E-state index in [1.54, 1.807) is 17.5 Å². The lowest BCUT2D eigenvalue weighted by atomic mass is 9.72. The fourth-order valence-electron chi connectivity index (χ4n) is 3.83. The minimum atomic E-state index is -0.293. The molecule has 2 aliphatic rings. The molecule has 0 spiro atoms. The number of nitrogens with one attached hydrogen (secondary N) is 1. The summed E-state index contributed by atoms with van der Waals surface area (Å²) in [5.41, 5.74) is 5.02. The first-order chi connectivity index (χ1) is 13.8. The van der Waals surface area contributed by atoms with E-state index in [1.165, 1.54) is 29.4 Å². The molecule has 1 unspecified atom stereocenters. The third-order valence-electron chi connectivity index (χ3n) is 5.42. The second-order valence-electron chi connectivity index (χ2n) is 7.26. The van der Waals surface area contributed by atoms with Crippen molar-refractivity contribution in [2.75, 3.05) is 5.32 Å². The number of aldehydes is 1. The SMILES string of the molecule is O=CC=Cn1nc(NC2CC2)c2c1CC(c1ccccc1)(c1cncs1)C=C2. The third-order valence-corrected chi connectivity index (χ3v) is 6.37. The van der Waals surface area contributed by atoms with Gasteiger partial charge in [-0.05, 0) is 24.5 Å². The highest BCUT2D eigenvalue weighted by Gasteiger charge is 2.39. The predicted molar refractivity (Wildman–Crippen MR) is 112 cm³/mol. The molecule has 0 aliphatic heterocycles. The van der Waals surface area contributed by atoms with Crippen LogP contribution < -0.4 is 5.32 Å². The number of carbonyl (C=O) groups is 1. The van der Waals surface area contributed by atoms with Crippen molar-refractivity contribution in [1.82, 2.24) is 14.8 Å². The van der Waals surface area contributed by atoms with Crippen LogP contribution in [0.4, 0.5) is 5.82 Å². The fraction of sp³-hybridized carbons (Fsp3) is 0.227. The summed E-state index contributed by atoms with van der Waals surface area (Å²) in [6, 6.07) is 11.0. The van der Waals surface area contributed by atoms with E-state index in [-0.39, 0.29) is 5.41 Å². The van der Waals surface area contributed by atoms with Crippen molar-refractivity contribution in [3.63, 3.8) is 0 Å². The van der Waals surface area contributed by atoms with Crippen LogP contribution in [0.15, 0.2) is 54.2 Å². The largest absolute Gasteiger partial charge is 0.365 e. The molecule has 1 atom stereocenters. The van der Waals surface area contributed by atoms with Crippen molar-refractivity contribution in [2.24, 2.45) is 0 Å². The van der Waals surface area contributed by atoms with Crippen LogP contribution in [0.25, 0.3) is 12.3 Å². The zero-order chi connectivity index (χ0) is 19.0. The van der Waals surface area contributed by atoms with Gasteiger partial charge in [-0.2, -0.15) is 5.10 Å². The Kier molecular flexibility index (Phi) is 4.20. The van der Waals surface area contributed by atoms with E-state index < -0.39 is 0 Å². The standard InChI is InChI=1S/C22H20N4OS/c27-12-4-11-26-19-13-22(20-14-23-15-28-20,16-5-2-1-3-6-16)10-9-18(19)21(25-26)24-17-7-8-17/h1-6,9-12,14-15,17H,7-8,13H2,(H,24,25). The first kappa shape index (κ1) is 17.1. The number of benzene rings is 1. The zero-order valence-electron chi connectivity index (χ0n) is 15.3. The Balaban J connectivity index is 1.65. The fourth-order valence-corrected chi connectivity index (χ4v) is 4.66. The Morgan fingerprint density at radius 3 is 2.82 bits per heavy atom. The highest BCUT2D eigenvalue weighted by molar-refractivity contribution is 7.09. The summed E-state index contributed by atoms with van der Waals surface area (Å²) in [7, 11) is 0. The molecular formula is C22H20N4OS. The molecule has 5 nitrogen and oxygen atoms in total. The smallest absolute Gasteiger partial charge is 0.156 e. The van der Waals surface area contributed by atoms with Crippen LogP contribution in [-0.4, -0.2) is 27.1 Å². The predicted octanol–water partition coefficient (Wildman–Crippen LogP) is 4.14. The lowest BCUT2D eigenvalue weighted by molar-refractivity contribution is -0.104. The molecule has 28 heavy (non-hydrogen) atoms. The third kappa shape index (κ3) is 2.90. The molecule has 0 bridgehead atoms. The highest BCUT2D eigenvalue weighted by atomic mass is 32.1. The van der Waals surface area contributed by atoms with Gasteiger partial charge in [0.25, 0.3) is 0 Å². The van der Waals surface area contributed by atoms with Crippen LogP contribution in [0, 0.1) is 0 Å². The molecule has 6 heteroatoms. The summed E-state index contributed by atoms with van der Waals surface area (Å²) in [6.07, 6.45) is 13.6. The molecule has 3 aromatic rings. The van der Waals surface area contributed by atoms with Gasteiger partial charge in [0.2, 0.25) is 0 Å². The summed E-state index contributed by atoms with van der Waals surface area (Å²) in [4.78, 5) is 16.4. The number of allylic oxidation sites excluding steroid dienone is 2. The van der Waals surface area contributed by atoms with Crippen molar-refractivity contribution in [2.45, 2.75) is 30.7 Å². The second kappa shape index (κ2) is 6.87. The molecule has 0 saturated heterocycles. The van der Waals surface area contributed by atoms with Gasteiger partial charge >= 0.3 is 0 Å². The maximum Gasteiger partial charge on any atom is 0.156 e. The van der Waals surface area contributed by atoms with Crippen molar-refractivity contribution in [3.8, 4) is 0 Å². The number of rotatable bonds is 6. The summed E-state index contributed by atoms with van der Waals surface area (Å²) >= 11 is 1.67. The zero-order valence-corrected chi connectivity index (χ0v) is 16.1. The lowest BCUT2D eigenvalue weighted by Crippen LogP contribution is -2.30. The maximum atomic E-state index is 10.9. The second-order valence-corrected chi connectivity index (χ2v) is 8.15. The molecular weight excluding hydrogens is 368 g/mol. The van der Waals surface area contributed by atoms with Crippen LogP contribution >= 0.6 is 11.3 Å². The number of anilines is 1. The Hall–Kier alpha value is -2.99. The average molecular weight is 388 g/mol. The van der Waals surface area contributed by atoms with Crippen LogP contribution in [0.3, 0.4) is 0 Å². The highest BCUT2D eigenvalue weighted by Crippen LogP contribution is 2.44. The van der Waals surface area contributed by atoms with Crippen molar-refractivity contribution >= 4 is 35.7 Å². The van der Waals surface area contributed by atoms with Gasteiger partial charge in [0.15, 0.2) is 5.82 Å². The molecule has 2 heterocycles. The van der Waals surface area contributed by atoms with E-state index in [4.69, 9.17) is 5.10 Å². The Morgan fingerprint density at radius 2 is 2.11 bits per heavy atom. The molecule has 1 aromatic carbocycles. The average Bonchev–Trinajstić information content (AvgIpc) is 3.25. The number of thiazole rings is 1. The molecule has 5 rings (SSSR count). The molecule has 1 saturated carbocycles. The van der Waals surface area contributed by atoms with Crippen LogP contribution in [0.1, 0.15) is 34.5 Å². The van der Waals surface area contributed by atoms with Crippen LogP contribution in [0.5, 0.6) is 0 Å². The number of nitrogens with zero attached hydrogens (tertiary/aromatic N) is 3. The van der Waals surface area contributed by atoms with Crippen LogP contribution in [0.2, 0.25) is 0 Å². The number of hydrogen-bond acceptors (Lipinski definition) is 5. The first-order valence-corrected chi connectivity index (χ1v) is 10.3. The van der Waals surface area contributed by atoms with Gasteiger partial charge in [0, 0.05) is 35.3 Å². The van der Waals surface area contributed by atoms with Crippen molar-refractivity contribution in [1.29, 1.82) is 0 Å². The summed E-state index contributed by atoms with van der Waals surface area (Å²) < 4.78 is 1.84. The molecule has 140 valence electrons. The van der Waals surface area contributed by atoms with Gasteiger partial charge in [-0.25, -0.2) is 4.68 Å². The van der Waals surface area contributed by atoms with E-state index >= 15 is 0 Å². The monoisotopic (exact) mass is 388 g/mol. The summed E-state index contributed by atoms with van der Waals surface area (Å²) in [6.45, 7) is 0. The quantitative estimate of drug-likeness (QED) is 0.509. The minimum Gasteiger partial charge on any atom is -0.365 e. The Morgan fingerprint density at radius 1 is 1.25 bits per heavy atom. The Labute approximate surface area is 167 Å². The van der Waals surface area contributed by atoms with Gasteiger partial charge in [-0.15, -0.1) is 11.3 Å². The van der Waals surface area contributed by atoms with E-state index in [9.17, 15) is 4.79 Å². The number of hydrogen-bond donors (Lipinski definition) is 1. The normalized spacial score (nSPS) is 21.0. The Bertz CT molecular complexity index is 1050. The van der Waals surface area contributed by atoms with Gasteiger partial charge in [-0.1, -0.05) is 42.5 Å². The number of fused-ring (bicyclic) bond motifs is 1. The molecule has 0 radical (unpaired) electrons. The molecule has 1 N–H and O–H groups in total. The van der Waals surface area contributed by atoms with E-state index in [1.807, 2.05) is 22.5 Å². The molecule has 2 aromatic heterocycles. The number of aromatic nitrogens is 3. The van der Waals surface area contributed by atoms with E-state index in [2.05, 4.69) is 46.7 Å².